The van der Waals surface area contributed by atoms with Gasteiger partial charge in [-0.15, -0.1) is 0 Å². The second kappa shape index (κ2) is 5.04. The molecule has 0 saturated heterocycles. The molecule has 70 valence electrons. The Labute approximate surface area is 83.1 Å². The lowest BCUT2D eigenvalue weighted by atomic mass is 10.4. The topological polar surface area (TPSA) is 20.3 Å². The van der Waals surface area contributed by atoms with Gasteiger partial charge in [0.05, 0.1) is 6.54 Å². The van der Waals surface area contributed by atoms with Crippen LogP contribution in [-0.2, 0) is 4.79 Å². The predicted octanol–water partition coefficient (Wildman–Crippen LogP) is 2.21. The predicted molar refractivity (Wildman–Crippen MR) is 55.6 cm³/mol. The lowest BCUT2D eigenvalue weighted by Gasteiger charge is -2.12. The van der Waals surface area contributed by atoms with Crippen molar-refractivity contribution in [2.45, 2.75) is 11.8 Å². The molecule has 0 unspecified atom stereocenters. The van der Waals surface area contributed by atoms with Crippen LogP contribution in [0.4, 0.5) is 0 Å². The first-order valence-corrected chi connectivity index (χ1v) is 4.89. The molecular formula is C10H13NOS. The van der Waals surface area contributed by atoms with E-state index in [1.165, 1.54) is 0 Å². The first-order valence-electron chi connectivity index (χ1n) is 4.12. The molecule has 0 spiro atoms. The summed E-state index contributed by atoms with van der Waals surface area (Å²) in [4.78, 5) is 11.9. The van der Waals surface area contributed by atoms with Gasteiger partial charge in [-0.05, 0) is 38.1 Å². The average molecular weight is 195 g/mol. The standard InChI is InChI=1S/C10H13NOS/c1-9(12)8-11(2)13-10-6-4-3-5-7-10/h3-7H,8H2,1-2H3. The Hall–Kier alpha value is -0.800. The number of Topliss-reactive ketones (excluding diaryl/α,β-unsaturated/α-hetero) is 1. The van der Waals surface area contributed by atoms with E-state index in [2.05, 4.69) is 0 Å². The van der Waals surface area contributed by atoms with E-state index in [4.69, 9.17) is 0 Å². The molecule has 0 amide bonds. The molecule has 0 aliphatic heterocycles. The summed E-state index contributed by atoms with van der Waals surface area (Å²) in [5.41, 5.74) is 0. The average Bonchev–Trinajstić information content (AvgIpc) is 2.04. The highest BCUT2D eigenvalue weighted by Gasteiger charge is 2.02. The van der Waals surface area contributed by atoms with Gasteiger partial charge in [0.25, 0.3) is 0 Å². The van der Waals surface area contributed by atoms with Crippen molar-refractivity contribution in [3.63, 3.8) is 0 Å². The summed E-state index contributed by atoms with van der Waals surface area (Å²) in [5.74, 6) is 0.186. The normalized spacial score (nSPS) is 10.4. The van der Waals surface area contributed by atoms with Crippen molar-refractivity contribution in [1.82, 2.24) is 4.31 Å². The number of hydrogen-bond donors (Lipinski definition) is 0. The van der Waals surface area contributed by atoms with Crippen molar-refractivity contribution >= 4 is 17.7 Å². The number of hydrogen-bond acceptors (Lipinski definition) is 3. The molecule has 2 nitrogen and oxygen atoms in total. The maximum atomic E-state index is 10.8. The number of rotatable bonds is 4. The van der Waals surface area contributed by atoms with E-state index < -0.39 is 0 Å². The van der Waals surface area contributed by atoms with Crippen molar-refractivity contribution in [3.05, 3.63) is 30.3 Å². The Balaban J connectivity index is 2.45. The number of ketones is 1. The molecule has 1 aromatic carbocycles. The summed E-state index contributed by atoms with van der Waals surface area (Å²) in [7, 11) is 1.92. The van der Waals surface area contributed by atoms with Crippen LogP contribution in [0.2, 0.25) is 0 Å². The van der Waals surface area contributed by atoms with Gasteiger partial charge >= 0.3 is 0 Å². The van der Waals surface area contributed by atoms with Gasteiger partial charge in [0.2, 0.25) is 0 Å². The number of carbonyl (C=O) groups excluding carboxylic acids is 1. The van der Waals surface area contributed by atoms with Crippen LogP contribution in [0.25, 0.3) is 0 Å². The first-order chi connectivity index (χ1) is 6.18. The highest BCUT2D eigenvalue weighted by Crippen LogP contribution is 2.19. The van der Waals surface area contributed by atoms with Crippen LogP contribution in [-0.4, -0.2) is 23.7 Å². The van der Waals surface area contributed by atoms with Gasteiger partial charge in [-0.3, -0.25) is 4.79 Å². The van der Waals surface area contributed by atoms with Crippen LogP contribution in [0.15, 0.2) is 35.2 Å². The van der Waals surface area contributed by atoms with E-state index in [-0.39, 0.29) is 5.78 Å². The van der Waals surface area contributed by atoms with Gasteiger partial charge in [-0.2, -0.15) is 0 Å². The zero-order valence-corrected chi connectivity index (χ0v) is 8.67. The number of nitrogens with zero attached hydrogens (tertiary/aromatic N) is 1. The minimum atomic E-state index is 0.186. The fourth-order valence-electron chi connectivity index (χ4n) is 1.01. The van der Waals surface area contributed by atoms with Crippen LogP contribution in [0.3, 0.4) is 0 Å². The molecule has 1 rings (SSSR count). The molecule has 3 heteroatoms. The van der Waals surface area contributed by atoms with Crippen LogP contribution < -0.4 is 0 Å². The third-order valence-electron chi connectivity index (χ3n) is 1.45. The van der Waals surface area contributed by atoms with Gasteiger partial charge in [0.1, 0.15) is 5.78 Å². The zero-order valence-electron chi connectivity index (χ0n) is 7.86. The second-order valence-corrected chi connectivity index (χ2v) is 4.17. The molecule has 0 N–H and O–H groups in total. The maximum absolute atomic E-state index is 10.8. The number of carbonyl (C=O) groups is 1. The van der Waals surface area contributed by atoms with Crippen LogP contribution in [0.1, 0.15) is 6.92 Å². The Kier molecular flexibility index (Phi) is 3.99. The summed E-state index contributed by atoms with van der Waals surface area (Å²) in [5, 5.41) is 0. The smallest absolute Gasteiger partial charge is 0.144 e. The monoisotopic (exact) mass is 195 g/mol. The minimum absolute atomic E-state index is 0.186. The molecule has 0 aliphatic carbocycles. The molecule has 0 fully saturated rings. The third-order valence-corrected chi connectivity index (χ3v) is 2.37. The molecular weight excluding hydrogens is 182 g/mol. The van der Waals surface area contributed by atoms with Gasteiger partial charge < -0.3 is 0 Å². The van der Waals surface area contributed by atoms with Crippen molar-refractivity contribution < 1.29 is 4.79 Å². The quantitative estimate of drug-likeness (QED) is 0.687. The third kappa shape index (κ3) is 4.10. The fourth-order valence-corrected chi connectivity index (χ4v) is 1.89. The second-order valence-electron chi connectivity index (χ2n) is 2.89. The van der Waals surface area contributed by atoms with Crippen LogP contribution >= 0.6 is 11.9 Å². The van der Waals surface area contributed by atoms with Crippen molar-refractivity contribution in [1.29, 1.82) is 0 Å². The van der Waals surface area contributed by atoms with E-state index >= 15 is 0 Å². The van der Waals surface area contributed by atoms with Gasteiger partial charge in [-0.25, -0.2) is 4.31 Å². The van der Waals surface area contributed by atoms with E-state index in [0.717, 1.165) is 4.90 Å². The van der Waals surface area contributed by atoms with E-state index in [0.29, 0.717) is 6.54 Å². The molecule has 0 bridgehead atoms. The summed E-state index contributed by atoms with van der Waals surface area (Å²) in [6.45, 7) is 2.08. The Morgan fingerprint density at radius 2 is 2.00 bits per heavy atom. The first kappa shape index (κ1) is 10.3. The summed E-state index contributed by atoms with van der Waals surface area (Å²) in [6, 6.07) is 10.0. The molecule has 0 saturated carbocycles. The Bertz CT molecular complexity index is 274. The molecule has 13 heavy (non-hydrogen) atoms. The highest BCUT2D eigenvalue weighted by atomic mass is 32.2. The number of likely N-dealkylation sites (N-methyl/N-ethyl adjacent to an activating group) is 1. The van der Waals surface area contributed by atoms with Crippen molar-refractivity contribution in [3.8, 4) is 0 Å². The van der Waals surface area contributed by atoms with Gasteiger partial charge in [0, 0.05) is 4.90 Å². The maximum Gasteiger partial charge on any atom is 0.144 e. The van der Waals surface area contributed by atoms with Crippen molar-refractivity contribution in [2.75, 3.05) is 13.6 Å². The Morgan fingerprint density at radius 3 is 2.54 bits per heavy atom. The lowest BCUT2D eigenvalue weighted by molar-refractivity contribution is -0.116. The largest absolute Gasteiger partial charge is 0.299 e. The van der Waals surface area contributed by atoms with E-state index in [9.17, 15) is 4.79 Å². The zero-order chi connectivity index (χ0) is 9.68. The SMILES string of the molecule is CC(=O)CN(C)Sc1ccccc1. The van der Waals surface area contributed by atoms with Gasteiger partial charge in [0.15, 0.2) is 0 Å². The molecule has 1 aromatic rings. The van der Waals surface area contributed by atoms with Crippen LogP contribution in [0.5, 0.6) is 0 Å². The van der Waals surface area contributed by atoms with E-state index in [1.807, 2.05) is 41.7 Å². The molecule has 0 aromatic heterocycles. The van der Waals surface area contributed by atoms with Crippen molar-refractivity contribution in [2.24, 2.45) is 0 Å². The number of benzene rings is 1. The minimum Gasteiger partial charge on any atom is -0.299 e. The molecule has 0 radical (unpaired) electrons. The fraction of sp³-hybridized carbons (Fsp3) is 0.300. The molecule has 0 atom stereocenters. The summed E-state index contributed by atoms with van der Waals surface area (Å²) >= 11 is 1.58. The molecule has 0 heterocycles. The van der Waals surface area contributed by atoms with E-state index in [1.54, 1.807) is 18.9 Å². The van der Waals surface area contributed by atoms with Gasteiger partial charge in [-0.1, -0.05) is 18.2 Å². The molecule has 0 aliphatic rings. The summed E-state index contributed by atoms with van der Waals surface area (Å²) < 4.78 is 1.93. The van der Waals surface area contributed by atoms with Crippen LogP contribution in [0, 0.1) is 0 Å². The summed E-state index contributed by atoms with van der Waals surface area (Å²) in [6.07, 6.45) is 0. The lowest BCUT2D eigenvalue weighted by Crippen LogP contribution is -2.16. The highest BCUT2D eigenvalue weighted by molar-refractivity contribution is 7.97. The Morgan fingerprint density at radius 1 is 1.38 bits per heavy atom.